The fraction of sp³-hybridized carbons (Fsp3) is 0.222. The number of fused-ring (bicyclic) bond motifs is 1. The highest BCUT2D eigenvalue weighted by Crippen LogP contribution is 2.37. The zero-order valence-electron chi connectivity index (χ0n) is 13.7. The van der Waals surface area contributed by atoms with Gasteiger partial charge in [0, 0.05) is 18.7 Å². The second-order valence-corrected chi connectivity index (χ2v) is 6.39. The molecule has 4 rings (SSSR count). The van der Waals surface area contributed by atoms with Gasteiger partial charge in [-0.15, -0.1) is 0 Å². The summed E-state index contributed by atoms with van der Waals surface area (Å²) in [5.41, 5.74) is 4.97. The standard InChI is InChI=1S/C18H16N4O4/c23-17-14-15(12-6-8-13(9-7-12)22(25)26)20-21(16(14)18(24)19-17)10-11-4-2-1-3-5-11/h1-9,14-16,20H,10H2,(H,19,23,24)/t14-,15-,16-/m0/s1. The highest BCUT2D eigenvalue weighted by Gasteiger charge is 2.54. The number of carbonyl (C=O) groups is 2. The molecule has 0 radical (unpaired) electrons. The van der Waals surface area contributed by atoms with E-state index in [-0.39, 0.29) is 17.5 Å². The Morgan fingerprint density at radius 3 is 2.35 bits per heavy atom. The van der Waals surface area contributed by atoms with Crippen LogP contribution < -0.4 is 10.7 Å². The van der Waals surface area contributed by atoms with E-state index < -0.39 is 22.9 Å². The monoisotopic (exact) mass is 352 g/mol. The fourth-order valence-corrected chi connectivity index (χ4v) is 3.60. The smallest absolute Gasteiger partial charge is 0.269 e. The van der Waals surface area contributed by atoms with Gasteiger partial charge < -0.3 is 0 Å². The molecule has 0 unspecified atom stereocenters. The van der Waals surface area contributed by atoms with Gasteiger partial charge in [-0.1, -0.05) is 42.5 Å². The molecule has 2 aromatic carbocycles. The zero-order chi connectivity index (χ0) is 18.3. The number of non-ortho nitro benzene ring substituents is 1. The Bertz CT molecular complexity index is 869. The highest BCUT2D eigenvalue weighted by molar-refractivity contribution is 6.07. The first-order valence-corrected chi connectivity index (χ1v) is 8.20. The van der Waals surface area contributed by atoms with E-state index in [0.29, 0.717) is 6.54 Å². The minimum Gasteiger partial charge on any atom is -0.295 e. The van der Waals surface area contributed by atoms with Gasteiger partial charge in [0.25, 0.3) is 5.69 Å². The second-order valence-electron chi connectivity index (χ2n) is 6.39. The van der Waals surface area contributed by atoms with E-state index >= 15 is 0 Å². The Morgan fingerprint density at radius 2 is 1.69 bits per heavy atom. The number of nitro groups is 1. The molecule has 2 amide bonds. The highest BCUT2D eigenvalue weighted by atomic mass is 16.6. The number of hydrogen-bond acceptors (Lipinski definition) is 6. The zero-order valence-corrected chi connectivity index (χ0v) is 13.7. The predicted octanol–water partition coefficient (Wildman–Crippen LogP) is 1.30. The largest absolute Gasteiger partial charge is 0.295 e. The number of hydrogen-bond donors (Lipinski definition) is 2. The second kappa shape index (κ2) is 6.32. The lowest BCUT2D eigenvalue weighted by atomic mass is 9.91. The normalized spacial score (nSPS) is 25.2. The molecule has 2 saturated heterocycles. The number of nitrogens with one attached hydrogen (secondary N) is 2. The Balaban J connectivity index is 1.64. The summed E-state index contributed by atoms with van der Waals surface area (Å²) < 4.78 is 0. The van der Waals surface area contributed by atoms with Gasteiger partial charge >= 0.3 is 0 Å². The molecule has 0 spiro atoms. The van der Waals surface area contributed by atoms with Crippen LogP contribution in [0.1, 0.15) is 17.2 Å². The lowest BCUT2D eigenvalue weighted by Gasteiger charge is -2.22. The van der Waals surface area contributed by atoms with Gasteiger partial charge in [-0.3, -0.25) is 25.0 Å². The Kier molecular flexibility index (Phi) is 3.98. The van der Waals surface area contributed by atoms with Crippen molar-refractivity contribution in [3.8, 4) is 0 Å². The maximum Gasteiger partial charge on any atom is 0.269 e. The minimum absolute atomic E-state index is 0.0172. The third-order valence-electron chi connectivity index (χ3n) is 4.82. The van der Waals surface area contributed by atoms with E-state index in [1.54, 1.807) is 17.1 Å². The molecule has 3 atom stereocenters. The average molecular weight is 352 g/mol. The van der Waals surface area contributed by atoms with Crippen LogP contribution in [0.4, 0.5) is 5.69 Å². The van der Waals surface area contributed by atoms with Gasteiger partial charge in [0.15, 0.2) is 0 Å². The average Bonchev–Trinajstić information content (AvgIpc) is 3.15. The van der Waals surface area contributed by atoms with Gasteiger partial charge in [-0.25, -0.2) is 10.4 Å². The van der Waals surface area contributed by atoms with Gasteiger partial charge in [0.2, 0.25) is 11.8 Å². The van der Waals surface area contributed by atoms with Crippen molar-refractivity contribution in [2.45, 2.75) is 18.6 Å². The van der Waals surface area contributed by atoms with Crippen LogP contribution in [0.25, 0.3) is 0 Å². The van der Waals surface area contributed by atoms with Gasteiger partial charge in [0.1, 0.15) is 6.04 Å². The van der Waals surface area contributed by atoms with Gasteiger partial charge in [-0.2, -0.15) is 0 Å². The van der Waals surface area contributed by atoms with Crippen molar-refractivity contribution in [3.63, 3.8) is 0 Å². The van der Waals surface area contributed by atoms with Gasteiger partial charge in [-0.05, 0) is 11.1 Å². The van der Waals surface area contributed by atoms with Crippen LogP contribution in [0.15, 0.2) is 54.6 Å². The van der Waals surface area contributed by atoms with E-state index in [4.69, 9.17) is 0 Å². The molecular formula is C18H16N4O4. The molecule has 132 valence electrons. The molecule has 26 heavy (non-hydrogen) atoms. The molecule has 0 aromatic heterocycles. The molecule has 2 fully saturated rings. The van der Waals surface area contributed by atoms with Crippen molar-refractivity contribution in [2.24, 2.45) is 5.92 Å². The fourth-order valence-electron chi connectivity index (χ4n) is 3.60. The first-order chi connectivity index (χ1) is 12.5. The molecule has 2 N–H and O–H groups in total. The van der Waals surface area contributed by atoms with E-state index in [9.17, 15) is 19.7 Å². The lowest BCUT2D eigenvalue weighted by molar-refractivity contribution is -0.384. The molecule has 2 aliphatic heterocycles. The summed E-state index contributed by atoms with van der Waals surface area (Å²) in [7, 11) is 0. The summed E-state index contributed by atoms with van der Waals surface area (Å²) >= 11 is 0. The SMILES string of the molecule is O=C1NC(=O)[C@@H]2[C@@H]1[C@H](c1ccc([N+](=O)[O-])cc1)NN2Cc1ccccc1. The number of nitrogens with zero attached hydrogens (tertiary/aromatic N) is 2. The van der Waals surface area contributed by atoms with Crippen LogP contribution in [0.2, 0.25) is 0 Å². The first-order valence-electron chi connectivity index (χ1n) is 8.20. The van der Waals surface area contributed by atoms with Crippen LogP contribution in [0.3, 0.4) is 0 Å². The molecule has 2 heterocycles. The van der Waals surface area contributed by atoms with Crippen molar-refractivity contribution in [1.29, 1.82) is 0 Å². The summed E-state index contributed by atoms with van der Waals surface area (Å²) in [6.45, 7) is 0.464. The van der Waals surface area contributed by atoms with Crippen LogP contribution >= 0.6 is 0 Å². The summed E-state index contributed by atoms with van der Waals surface area (Å²) in [4.78, 5) is 35.0. The summed E-state index contributed by atoms with van der Waals surface area (Å²) in [5, 5.41) is 15.0. The van der Waals surface area contributed by atoms with Crippen molar-refractivity contribution >= 4 is 17.5 Å². The predicted molar refractivity (Wildman–Crippen MR) is 91.4 cm³/mol. The van der Waals surface area contributed by atoms with Crippen molar-refractivity contribution in [2.75, 3.05) is 0 Å². The lowest BCUT2D eigenvalue weighted by Crippen LogP contribution is -2.43. The Morgan fingerprint density at radius 1 is 1.00 bits per heavy atom. The third kappa shape index (κ3) is 2.75. The number of nitro benzene ring substituents is 1. The molecule has 2 aliphatic rings. The number of amides is 2. The van der Waals surface area contributed by atoms with Crippen LogP contribution in [-0.4, -0.2) is 27.8 Å². The molecular weight excluding hydrogens is 336 g/mol. The van der Waals surface area contributed by atoms with E-state index in [0.717, 1.165) is 11.1 Å². The molecule has 0 bridgehead atoms. The van der Waals surface area contributed by atoms with E-state index in [2.05, 4.69) is 10.7 Å². The van der Waals surface area contributed by atoms with Crippen LogP contribution in [0, 0.1) is 16.0 Å². The third-order valence-corrected chi connectivity index (χ3v) is 4.82. The first kappa shape index (κ1) is 16.4. The minimum atomic E-state index is -0.608. The van der Waals surface area contributed by atoms with Crippen molar-refractivity contribution in [3.05, 3.63) is 75.8 Å². The molecule has 0 aliphatic carbocycles. The van der Waals surface area contributed by atoms with E-state index in [1.807, 2.05) is 30.3 Å². The van der Waals surface area contributed by atoms with Crippen LogP contribution in [0.5, 0.6) is 0 Å². The summed E-state index contributed by atoms with van der Waals surface area (Å²) in [5.74, 6) is -1.23. The molecule has 8 heteroatoms. The molecule has 0 saturated carbocycles. The summed E-state index contributed by atoms with van der Waals surface area (Å²) in [6, 6.07) is 14.7. The Labute approximate surface area is 148 Å². The maximum absolute atomic E-state index is 12.3. The van der Waals surface area contributed by atoms with E-state index in [1.165, 1.54) is 12.1 Å². The topological polar surface area (TPSA) is 105 Å². The number of rotatable bonds is 4. The summed E-state index contributed by atoms with van der Waals surface area (Å²) in [6.07, 6.45) is 0. The van der Waals surface area contributed by atoms with Crippen molar-refractivity contribution in [1.82, 2.24) is 15.8 Å². The molecule has 8 nitrogen and oxygen atoms in total. The molecule has 2 aromatic rings. The van der Waals surface area contributed by atoms with Crippen molar-refractivity contribution < 1.29 is 14.5 Å². The number of imide groups is 1. The maximum atomic E-state index is 12.3. The quantitative estimate of drug-likeness (QED) is 0.488. The number of hydrazine groups is 1. The Hall–Kier alpha value is -3.10. The van der Waals surface area contributed by atoms with Crippen LogP contribution in [-0.2, 0) is 16.1 Å². The van der Waals surface area contributed by atoms with Gasteiger partial charge in [0.05, 0.1) is 16.9 Å². The number of benzene rings is 2. The number of carbonyl (C=O) groups excluding carboxylic acids is 2.